The molecule has 24 heavy (non-hydrogen) atoms. The predicted octanol–water partition coefficient (Wildman–Crippen LogP) is 2.81. The van der Waals surface area contributed by atoms with Crippen molar-refractivity contribution in [3.63, 3.8) is 0 Å². The largest absolute Gasteiger partial charge is 0.486 e. The van der Waals surface area contributed by atoms with Crippen molar-refractivity contribution in [3.8, 4) is 5.75 Å². The third-order valence-electron chi connectivity index (χ3n) is 4.41. The van der Waals surface area contributed by atoms with Crippen molar-refractivity contribution >= 4 is 5.91 Å². The molecule has 5 nitrogen and oxygen atoms in total. The summed E-state index contributed by atoms with van der Waals surface area (Å²) in [6, 6.07) is 9.12. The monoisotopic (exact) mass is 332 g/mol. The Bertz CT molecular complexity index is 713. The maximum absolute atomic E-state index is 12.8. The molecule has 0 saturated carbocycles. The first-order valence-electron chi connectivity index (χ1n) is 7.95. The molecule has 1 atom stereocenters. The molecule has 1 amide bonds. The van der Waals surface area contributed by atoms with Crippen LogP contribution in [0.5, 0.6) is 5.75 Å². The topological polar surface area (TPSA) is 68.7 Å². The molecule has 1 aliphatic heterocycles. The van der Waals surface area contributed by atoms with E-state index in [1.165, 1.54) is 12.1 Å². The van der Waals surface area contributed by atoms with Crippen molar-refractivity contribution in [1.82, 2.24) is 4.90 Å². The second-order valence-corrected chi connectivity index (χ2v) is 6.50. The Labute approximate surface area is 140 Å². The van der Waals surface area contributed by atoms with E-state index in [1.807, 2.05) is 0 Å². The Morgan fingerprint density at radius 3 is 2.75 bits per heavy atom. The number of amides is 1. The van der Waals surface area contributed by atoms with Crippen molar-refractivity contribution in [2.75, 3.05) is 19.6 Å². The summed E-state index contributed by atoms with van der Waals surface area (Å²) in [5, 5.41) is 0. The average Bonchev–Trinajstić information content (AvgIpc) is 3.21. The molecule has 0 radical (unpaired) electrons. The van der Waals surface area contributed by atoms with Gasteiger partial charge in [0.1, 0.15) is 23.9 Å². The van der Waals surface area contributed by atoms with E-state index in [0.29, 0.717) is 36.9 Å². The van der Waals surface area contributed by atoms with E-state index in [4.69, 9.17) is 14.9 Å². The first-order chi connectivity index (χ1) is 11.5. The maximum atomic E-state index is 12.8. The van der Waals surface area contributed by atoms with Crippen LogP contribution in [-0.2, 0) is 6.61 Å². The lowest BCUT2D eigenvalue weighted by atomic mass is 9.90. The molecule has 1 unspecified atom stereocenters. The van der Waals surface area contributed by atoms with Gasteiger partial charge in [-0.05, 0) is 54.8 Å². The third kappa shape index (κ3) is 3.59. The van der Waals surface area contributed by atoms with Crippen LogP contribution in [0.2, 0.25) is 0 Å². The van der Waals surface area contributed by atoms with E-state index in [0.717, 1.165) is 6.42 Å². The number of nitrogens with zero attached hydrogens (tertiary/aromatic N) is 1. The van der Waals surface area contributed by atoms with Crippen LogP contribution in [0.1, 0.15) is 29.7 Å². The summed E-state index contributed by atoms with van der Waals surface area (Å²) < 4.78 is 23.9. The van der Waals surface area contributed by atoms with Crippen LogP contribution in [-0.4, -0.2) is 30.4 Å². The van der Waals surface area contributed by atoms with E-state index in [9.17, 15) is 9.18 Å². The summed E-state index contributed by atoms with van der Waals surface area (Å²) >= 11 is 0. The summed E-state index contributed by atoms with van der Waals surface area (Å²) in [5.74, 6) is 0.944. The molecule has 3 rings (SSSR count). The van der Waals surface area contributed by atoms with Gasteiger partial charge in [0.25, 0.3) is 5.91 Å². The number of carbonyl (C=O) groups excluding carboxylic acids is 1. The summed E-state index contributed by atoms with van der Waals surface area (Å²) in [6.45, 7) is 4.16. The van der Waals surface area contributed by atoms with E-state index >= 15 is 0 Å². The number of carbonyl (C=O) groups is 1. The summed E-state index contributed by atoms with van der Waals surface area (Å²) in [6.07, 6.45) is 0.899. The number of halogens is 1. The van der Waals surface area contributed by atoms with Crippen LogP contribution in [0.25, 0.3) is 0 Å². The molecule has 1 aromatic carbocycles. The Morgan fingerprint density at radius 1 is 1.33 bits per heavy atom. The lowest BCUT2D eigenvalue weighted by Gasteiger charge is -2.21. The molecular weight excluding hydrogens is 311 g/mol. The molecule has 1 fully saturated rings. The van der Waals surface area contributed by atoms with Crippen molar-refractivity contribution < 1.29 is 18.3 Å². The number of hydrogen-bond donors (Lipinski definition) is 1. The minimum absolute atomic E-state index is 0.0171. The molecule has 128 valence electrons. The number of ether oxygens (including phenoxy) is 1. The third-order valence-corrected chi connectivity index (χ3v) is 4.41. The quantitative estimate of drug-likeness (QED) is 0.914. The minimum atomic E-state index is -0.316. The summed E-state index contributed by atoms with van der Waals surface area (Å²) in [4.78, 5) is 14.3. The lowest BCUT2D eigenvalue weighted by molar-refractivity contribution is 0.0741. The van der Waals surface area contributed by atoms with Crippen LogP contribution >= 0.6 is 0 Å². The van der Waals surface area contributed by atoms with E-state index in [1.54, 1.807) is 29.2 Å². The van der Waals surface area contributed by atoms with Gasteiger partial charge in [0.05, 0.1) is 0 Å². The molecule has 1 aromatic heterocycles. The van der Waals surface area contributed by atoms with Crippen molar-refractivity contribution in [2.45, 2.75) is 20.0 Å². The fraction of sp³-hybridized carbons (Fsp3) is 0.389. The highest BCUT2D eigenvalue weighted by Crippen LogP contribution is 2.29. The maximum Gasteiger partial charge on any atom is 0.289 e. The van der Waals surface area contributed by atoms with Gasteiger partial charge in [-0.2, -0.15) is 0 Å². The zero-order valence-corrected chi connectivity index (χ0v) is 13.6. The molecule has 0 bridgehead atoms. The van der Waals surface area contributed by atoms with Crippen LogP contribution < -0.4 is 10.5 Å². The SMILES string of the molecule is CC1(CN)CCN(C(=O)c2ccc(COc3ccc(F)cc3)o2)C1. The van der Waals surface area contributed by atoms with Crippen LogP contribution in [0.15, 0.2) is 40.8 Å². The van der Waals surface area contributed by atoms with Crippen LogP contribution in [0, 0.1) is 11.2 Å². The number of rotatable bonds is 5. The molecule has 2 N–H and O–H groups in total. The number of nitrogens with two attached hydrogens (primary N) is 1. The highest BCUT2D eigenvalue weighted by Gasteiger charge is 2.36. The molecule has 0 aliphatic carbocycles. The molecule has 1 saturated heterocycles. The number of likely N-dealkylation sites (tertiary alicyclic amines) is 1. The molecule has 0 spiro atoms. The normalized spacial score (nSPS) is 20.4. The van der Waals surface area contributed by atoms with Crippen molar-refractivity contribution in [1.29, 1.82) is 0 Å². The summed E-state index contributed by atoms with van der Waals surface area (Å²) in [5.41, 5.74) is 5.76. The number of benzene rings is 1. The lowest BCUT2D eigenvalue weighted by Crippen LogP contribution is -2.34. The fourth-order valence-electron chi connectivity index (χ4n) is 2.78. The molecular formula is C18H21FN2O3. The second-order valence-electron chi connectivity index (χ2n) is 6.50. The van der Waals surface area contributed by atoms with Gasteiger partial charge in [0, 0.05) is 13.1 Å². The smallest absolute Gasteiger partial charge is 0.289 e. The number of hydrogen-bond acceptors (Lipinski definition) is 4. The van der Waals surface area contributed by atoms with Crippen molar-refractivity contribution in [3.05, 3.63) is 53.7 Å². The molecule has 2 aromatic rings. The van der Waals surface area contributed by atoms with Gasteiger partial charge >= 0.3 is 0 Å². The van der Waals surface area contributed by atoms with Crippen LogP contribution in [0.3, 0.4) is 0 Å². The van der Waals surface area contributed by atoms with E-state index < -0.39 is 0 Å². The standard InChI is InChI=1S/C18H21FN2O3/c1-18(11-20)8-9-21(12-18)17(22)16-7-6-15(24-16)10-23-14-4-2-13(19)3-5-14/h2-7H,8-12,20H2,1H3. The van der Waals surface area contributed by atoms with Gasteiger partial charge in [-0.25, -0.2) is 4.39 Å². The number of furan rings is 1. The molecule has 2 heterocycles. The fourth-order valence-corrected chi connectivity index (χ4v) is 2.78. The van der Waals surface area contributed by atoms with Gasteiger partial charge in [-0.1, -0.05) is 6.92 Å². The van der Waals surface area contributed by atoms with Crippen molar-refractivity contribution in [2.24, 2.45) is 11.1 Å². The zero-order chi connectivity index (χ0) is 17.2. The van der Waals surface area contributed by atoms with Crippen LogP contribution in [0.4, 0.5) is 4.39 Å². The highest BCUT2D eigenvalue weighted by molar-refractivity contribution is 5.91. The second kappa shape index (κ2) is 6.65. The Kier molecular flexibility index (Phi) is 4.57. The van der Waals surface area contributed by atoms with Gasteiger partial charge in [0.2, 0.25) is 0 Å². The van der Waals surface area contributed by atoms with Gasteiger partial charge in [-0.3, -0.25) is 4.79 Å². The first-order valence-corrected chi connectivity index (χ1v) is 7.95. The highest BCUT2D eigenvalue weighted by atomic mass is 19.1. The van der Waals surface area contributed by atoms with Gasteiger partial charge in [0.15, 0.2) is 5.76 Å². The average molecular weight is 332 g/mol. The predicted molar refractivity (Wildman–Crippen MR) is 87.1 cm³/mol. The molecule has 6 heteroatoms. The zero-order valence-electron chi connectivity index (χ0n) is 13.6. The Morgan fingerprint density at radius 2 is 2.08 bits per heavy atom. The Hall–Kier alpha value is -2.34. The van der Waals surface area contributed by atoms with Gasteiger partial charge in [-0.15, -0.1) is 0 Å². The summed E-state index contributed by atoms with van der Waals surface area (Å²) in [7, 11) is 0. The minimum Gasteiger partial charge on any atom is -0.486 e. The van der Waals surface area contributed by atoms with Gasteiger partial charge < -0.3 is 19.8 Å². The van der Waals surface area contributed by atoms with E-state index in [2.05, 4.69) is 6.92 Å². The first kappa shape index (κ1) is 16.5. The molecule has 1 aliphatic rings. The van der Waals surface area contributed by atoms with E-state index in [-0.39, 0.29) is 23.7 Å². The Balaban J connectivity index is 1.59.